The molecule has 82 valence electrons. The van der Waals surface area contributed by atoms with Crippen LogP contribution in [0.4, 0.5) is 0 Å². The number of amides is 1. The zero-order valence-electron chi connectivity index (χ0n) is 8.69. The molecule has 1 amide bonds. The van der Waals surface area contributed by atoms with Gasteiger partial charge in [-0.3, -0.25) is 4.79 Å². The van der Waals surface area contributed by atoms with Gasteiger partial charge in [0, 0.05) is 24.0 Å². The summed E-state index contributed by atoms with van der Waals surface area (Å²) in [6.07, 6.45) is 2.69. The highest BCUT2D eigenvalue weighted by Gasteiger charge is 2.27. The average Bonchev–Trinajstić information content (AvgIpc) is 2.86. The zero-order valence-corrected chi connectivity index (χ0v) is 9.50. The van der Waals surface area contributed by atoms with Crippen LogP contribution < -0.4 is 5.73 Å². The second-order valence-electron chi connectivity index (χ2n) is 3.88. The molecule has 2 heterocycles. The molecule has 0 saturated carbocycles. The van der Waals surface area contributed by atoms with Crippen LogP contribution in [0.2, 0.25) is 0 Å². The van der Waals surface area contributed by atoms with Crippen LogP contribution in [0.1, 0.15) is 17.7 Å². The third-order valence-corrected chi connectivity index (χ3v) is 3.75. The molecule has 0 spiro atoms. The van der Waals surface area contributed by atoms with E-state index >= 15 is 0 Å². The first-order chi connectivity index (χ1) is 7.31. The van der Waals surface area contributed by atoms with Crippen LogP contribution in [0, 0.1) is 0 Å². The second kappa shape index (κ2) is 4.77. The fraction of sp³-hybridized carbons (Fsp3) is 0.545. The molecule has 1 aromatic heterocycles. The molecule has 15 heavy (non-hydrogen) atoms. The topological polar surface area (TPSA) is 46.3 Å². The summed E-state index contributed by atoms with van der Waals surface area (Å²) in [6.45, 7) is 1.47. The first-order valence-electron chi connectivity index (χ1n) is 5.33. The lowest BCUT2D eigenvalue weighted by Crippen LogP contribution is -2.40. The van der Waals surface area contributed by atoms with E-state index in [-0.39, 0.29) is 11.9 Å². The number of nitrogens with zero attached hydrogens (tertiary/aromatic N) is 1. The minimum Gasteiger partial charge on any atom is -0.338 e. The van der Waals surface area contributed by atoms with Crippen molar-refractivity contribution in [3.8, 4) is 0 Å². The van der Waals surface area contributed by atoms with E-state index in [1.165, 1.54) is 0 Å². The van der Waals surface area contributed by atoms with E-state index in [4.69, 9.17) is 5.73 Å². The van der Waals surface area contributed by atoms with E-state index in [0.29, 0.717) is 13.0 Å². The Morgan fingerprint density at radius 2 is 2.53 bits per heavy atom. The van der Waals surface area contributed by atoms with Gasteiger partial charge >= 0.3 is 0 Å². The van der Waals surface area contributed by atoms with Crippen LogP contribution in [0.15, 0.2) is 17.5 Å². The molecule has 0 radical (unpaired) electrons. The molecular weight excluding hydrogens is 208 g/mol. The lowest BCUT2D eigenvalue weighted by Gasteiger charge is -2.23. The summed E-state index contributed by atoms with van der Waals surface area (Å²) in [5, 5.41) is 2.01. The Hall–Kier alpha value is -0.870. The number of nitrogens with two attached hydrogens (primary N) is 1. The highest BCUT2D eigenvalue weighted by molar-refractivity contribution is 7.10. The number of hydrogen-bond acceptors (Lipinski definition) is 3. The molecule has 2 rings (SSSR count). The van der Waals surface area contributed by atoms with Gasteiger partial charge in [0.25, 0.3) is 0 Å². The van der Waals surface area contributed by atoms with Gasteiger partial charge in [0.2, 0.25) is 5.91 Å². The standard InChI is InChI=1S/C11H16N2OS/c12-8-9-3-1-5-13(9)11(14)7-10-4-2-6-15-10/h2,4,6,9H,1,3,5,7-8,12H2. The summed E-state index contributed by atoms with van der Waals surface area (Å²) in [6, 6.07) is 4.27. The number of hydrogen-bond donors (Lipinski definition) is 1. The van der Waals surface area contributed by atoms with Crippen LogP contribution in [0.5, 0.6) is 0 Å². The van der Waals surface area contributed by atoms with Crippen molar-refractivity contribution in [2.75, 3.05) is 13.1 Å². The van der Waals surface area contributed by atoms with E-state index < -0.39 is 0 Å². The largest absolute Gasteiger partial charge is 0.338 e. The SMILES string of the molecule is NCC1CCCN1C(=O)Cc1cccs1. The van der Waals surface area contributed by atoms with Crippen molar-refractivity contribution in [1.29, 1.82) is 0 Å². The molecule has 0 bridgehead atoms. The Labute approximate surface area is 93.9 Å². The van der Waals surface area contributed by atoms with Gasteiger partial charge in [0.1, 0.15) is 0 Å². The molecule has 1 aromatic rings. The van der Waals surface area contributed by atoms with Crippen LogP contribution in [0.25, 0.3) is 0 Å². The molecule has 1 unspecified atom stereocenters. The number of rotatable bonds is 3. The minimum absolute atomic E-state index is 0.227. The Kier molecular flexibility index (Phi) is 3.38. The maximum absolute atomic E-state index is 12.0. The van der Waals surface area contributed by atoms with Gasteiger partial charge in [0.05, 0.1) is 6.42 Å². The van der Waals surface area contributed by atoms with Gasteiger partial charge in [-0.1, -0.05) is 6.07 Å². The Bertz CT molecular complexity index is 323. The lowest BCUT2D eigenvalue weighted by atomic mass is 10.2. The number of thiophene rings is 1. The predicted molar refractivity (Wildman–Crippen MR) is 61.8 cm³/mol. The van der Waals surface area contributed by atoms with Crippen molar-refractivity contribution in [2.24, 2.45) is 5.73 Å². The molecule has 1 fully saturated rings. The lowest BCUT2D eigenvalue weighted by molar-refractivity contribution is -0.131. The molecule has 1 aliphatic rings. The van der Waals surface area contributed by atoms with Crippen LogP contribution >= 0.6 is 11.3 Å². The van der Waals surface area contributed by atoms with Crippen molar-refractivity contribution in [1.82, 2.24) is 4.90 Å². The van der Waals surface area contributed by atoms with E-state index in [1.54, 1.807) is 11.3 Å². The average molecular weight is 224 g/mol. The molecule has 0 aliphatic carbocycles. The first-order valence-corrected chi connectivity index (χ1v) is 6.21. The van der Waals surface area contributed by atoms with Gasteiger partial charge in [-0.05, 0) is 24.3 Å². The molecule has 0 aromatic carbocycles. The normalized spacial score (nSPS) is 20.9. The summed E-state index contributed by atoms with van der Waals surface area (Å²) in [4.78, 5) is 15.0. The van der Waals surface area contributed by atoms with Gasteiger partial charge in [-0.15, -0.1) is 11.3 Å². The van der Waals surface area contributed by atoms with E-state index in [0.717, 1.165) is 24.3 Å². The van der Waals surface area contributed by atoms with Crippen molar-refractivity contribution >= 4 is 17.2 Å². The number of likely N-dealkylation sites (tertiary alicyclic amines) is 1. The van der Waals surface area contributed by atoms with Gasteiger partial charge in [-0.2, -0.15) is 0 Å². The quantitative estimate of drug-likeness (QED) is 0.839. The van der Waals surface area contributed by atoms with E-state index in [1.807, 2.05) is 22.4 Å². The van der Waals surface area contributed by atoms with Gasteiger partial charge < -0.3 is 10.6 Å². The van der Waals surface area contributed by atoms with Crippen LogP contribution in [-0.2, 0) is 11.2 Å². The van der Waals surface area contributed by atoms with Crippen LogP contribution in [0.3, 0.4) is 0 Å². The van der Waals surface area contributed by atoms with Crippen LogP contribution in [-0.4, -0.2) is 29.9 Å². The third kappa shape index (κ3) is 2.38. The molecule has 1 aliphatic heterocycles. The number of carbonyl (C=O) groups is 1. The highest BCUT2D eigenvalue weighted by atomic mass is 32.1. The predicted octanol–water partition coefficient (Wildman–Crippen LogP) is 1.24. The zero-order chi connectivity index (χ0) is 10.7. The fourth-order valence-corrected chi connectivity index (χ4v) is 2.77. The fourth-order valence-electron chi connectivity index (χ4n) is 2.07. The van der Waals surface area contributed by atoms with Gasteiger partial charge in [0.15, 0.2) is 0 Å². The molecule has 1 atom stereocenters. The molecule has 4 heteroatoms. The summed E-state index contributed by atoms with van der Waals surface area (Å²) in [5.41, 5.74) is 5.64. The van der Waals surface area contributed by atoms with Crippen molar-refractivity contribution in [3.05, 3.63) is 22.4 Å². The highest BCUT2D eigenvalue weighted by Crippen LogP contribution is 2.18. The Morgan fingerprint density at radius 1 is 1.67 bits per heavy atom. The molecule has 2 N–H and O–H groups in total. The maximum atomic E-state index is 12.0. The Morgan fingerprint density at radius 3 is 3.20 bits per heavy atom. The first kappa shape index (κ1) is 10.6. The summed E-state index contributed by atoms with van der Waals surface area (Å²) >= 11 is 1.64. The molecule has 3 nitrogen and oxygen atoms in total. The van der Waals surface area contributed by atoms with E-state index in [9.17, 15) is 4.79 Å². The Balaban J connectivity index is 1.96. The van der Waals surface area contributed by atoms with Crippen molar-refractivity contribution in [3.63, 3.8) is 0 Å². The summed E-state index contributed by atoms with van der Waals surface area (Å²) in [5.74, 6) is 0.227. The molecule has 1 saturated heterocycles. The number of carbonyl (C=O) groups excluding carboxylic acids is 1. The van der Waals surface area contributed by atoms with E-state index in [2.05, 4.69) is 0 Å². The minimum atomic E-state index is 0.227. The van der Waals surface area contributed by atoms with Gasteiger partial charge in [-0.25, -0.2) is 0 Å². The van der Waals surface area contributed by atoms with Crippen molar-refractivity contribution in [2.45, 2.75) is 25.3 Å². The summed E-state index contributed by atoms with van der Waals surface area (Å²) < 4.78 is 0. The summed E-state index contributed by atoms with van der Waals surface area (Å²) in [7, 11) is 0. The second-order valence-corrected chi connectivity index (χ2v) is 4.91. The smallest absolute Gasteiger partial charge is 0.228 e. The monoisotopic (exact) mass is 224 g/mol. The third-order valence-electron chi connectivity index (χ3n) is 2.88. The molecular formula is C11H16N2OS. The maximum Gasteiger partial charge on any atom is 0.228 e. The van der Waals surface area contributed by atoms with Crippen molar-refractivity contribution < 1.29 is 4.79 Å².